The molecule has 4 unspecified atom stereocenters. The first-order valence-electron chi connectivity index (χ1n) is 7.57. The predicted molar refractivity (Wildman–Crippen MR) is 81.8 cm³/mol. The van der Waals surface area contributed by atoms with Gasteiger partial charge in [-0.25, -0.2) is 4.79 Å². The van der Waals surface area contributed by atoms with Gasteiger partial charge in [-0.2, -0.15) is 0 Å². The number of unbranched alkanes of at least 4 members (excludes halogenated alkanes) is 1. The normalized spacial score (nSPS) is 26.9. The molecule has 0 saturated carbocycles. The highest BCUT2D eigenvalue weighted by Crippen LogP contribution is 2.19. The molecule has 0 aromatic rings. The first-order chi connectivity index (χ1) is 9.85. The highest BCUT2D eigenvalue weighted by Gasteiger charge is 2.34. The van der Waals surface area contributed by atoms with E-state index in [1.807, 2.05) is 0 Å². The molecule has 0 aliphatic heterocycles. The summed E-state index contributed by atoms with van der Waals surface area (Å²) < 4.78 is 0. The Bertz CT molecular complexity index is 409. The maximum atomic E-state index is 11.3. The number of carbonyl (C=O) groups is 2. The maximum Gasteiger partial charge on any atom is 0.331 e. The lowest BCUT2D eigenvalue weighted by molar-refractivity contribution is -0.133. The van der Waals surface area contributed by atoms with Crippen molar-refractivity contribution < 1.29 is 14.7 Å². The van der Waals surface area contributed by atoms with Crippen molar-refractivity contribution in [2.75, 3.05) is 0 Å². The zero-order chi connectivity index (χ0) is 16.0. The lowest BCUT2D eigenvalue weighted by Crippen LogP contribution is -2.61. The van der Waals surface area contributed by atoms with Crippen LogP contribution in [-0.4, -0.2) is 41.2 Å². The Morgan fingerprint density at radius 1 is 1.52 bits per heavy atom. The number of carboxylic acids is 1. The standard InChI is InChI=1S/C15H27N3O3/c1-4-5-6-9(2)17-13-8-11(15(20)21)7-12(16)14(13)18-10(3)19/h8-9,12-14,17H,4-7,16H2,1-3H3,(H,18,19)(H,20,21). The minimum absolute atomic E-state index is 0.157. The van der Waals surface area contributed by atoms with Crippen molar-refractivity contribution in [1.29, 1.82) is 0 Å². The highest BCUT2D eigenvalue weighted by molar-refractivity contribution is 5.87. The van der Waals surface area contributed by atoms with Gasteiger partial charge >= 0.3 is 5.97 Å². The fourth-order valence-electron chi connectivity index (χ4n) is 2.70. The Morgan fingerprint density at radius 3 is 2.71 bits per heavy atom. The number of rotatable bonds is 7. The second-order valence-electron chi connectivity index (χ2n) is 5.83. The lowest BCUT2D eigenvalue weighted by Gasteiger charge is -2.36. The SMILES string of the molecule is CCCCC(C)NC1C=C(C(=O)O)CC(N)C1NC(C)=O. The quantitative estimate of drug-likeness (QED) is 0.555. The molecule has 1 aliphatic rings. The summed E-state index contributed by atoms with van der Waals surface area (Å²) in [6, 6.07) is -0.700. The van der Waals surface area contributed by atoms with Gasteiger partial charge in [0.1, 0.15) is 0 Å². The van der Waals surface area contributed by atoms with Gasteiger partial charge in [-0.1, -0.05) is 25.8 Å². The molecule has 21 heavy (non-hydrogen) atoms. The molecule has 120 valence electrons. The molecule has 4 atom stereocenters. The van der Waals surface area contributed by atoms with Crippen LogP contribution >= 0.6 is 0 Å². The molecule has 0 saturated heterocycles. The average Bonchev–Trinajstić information content (AvgIpc) is 2.39. The first-order valence-corrected chi connectivity index (χ1v) is 7.57. The predicted octanol–water partition coefficient (Wildman–Crippen LogP) is 0.770. The Balaban J connectivity index is 2.85. The number of hydrogen-bond donors (Lipinski definition) is 4. The van der Waals surface area contributed by atoms with Gasteiger partial charge in [0.2, 0.25) is 5.91 Å². The van der Waals surface area contributed by atoms with Crippen LogP contribution < -0.4 is 16.4 Å². The number of nitrogens with two attached hydrogens (primary N) is 1. The van der Waals surface area contributed by atoms with Gasteiger partial charge in [0.15, 0.2) is 0 Å². The van der Waals surface area contributed by atoms with E-state index >= 15 is 0 Å². The number of nitrogens with one attached hydrogen (secondary N) is 2. The molecular weight excluding hydrogens is 270 g/mol. The van der Waals surface area contributed by atoms with Crippen LogP contribution in [0.25, 0.3) is 0 Å². The second kappa shape index (κ2) is 8.14. The van der Waals surface area contributed by atoms with Crippen LogP contribution in [0.1, 0.15) is 46.5 Å². The fraction of sp³-hybridized carbons (Fsp3) is 0.733. The van der Waals surface area contributed by atoms with Gasteiger partial charge < -0.3 is 21.5 Å². The molecule has 6 nitrogen and oxygen atoms in total. The van der Waals surface area contributed by atoms with Crippen molar-refractivity contribution in [3.63, 3.8) is 0 Å². The monoisotopic (exact) mass is 297 g/mol. The zero-order valence-corrected chi connectivity index (χ0v) is 13.1. The van der Waals surface area contributed by atoms with Gasteiger partial charge in [-0.3, -0.25) is 4.79 Å². The van der Waals surface area contributed by atoms with E-state index in [0.29, 0.717) is 5.57 Å². The van der Waals surface area contributed by atoms with Gasteiger partial charge in [-0.15, -0.1) is 0 Å². The van der Waals surface area contributed by atoms with E-state index in [-0.39, 0.29) is 30.5 Å². The molecule has 0 aromatic heterocycles. The van der Waals surface area contributed by atoms with E-state index in [4.69, 9.17) is 5.73 Å². The molecule has 1 rings (SSSR count). The number of amides is 1. The van der Waals surface area contributed by atoms with E-state index in [2.05, 4.69) is 24.5 Å². The van der Waals surface area contributed by atoms with Crippen molar-refractivity contribution in [3.8, 4) is 0 Å². The Morgan fingerprint density at radius 2 is 2.19 bits per heavy atom. The molecule has 0 aromatic carbocycles. The van der Waals surface area contributed by atoms with Crippen LogP contribution in [-0.2, 0) is 9.59 Å². The van der Waals surface area contributed by atoms with E-state index < -0.39 is 12.0 Å². The molecule has 6 heteroatoms. The van der Waals surface area contributed by atoms with E-state index in [0.717, 1.165) is 19.3 Å². The smallest absolute Gasteiger partial charge is 0.331 e. The van der Waals surface area contributed by atoms with E-state index in [1.54, 1.807) is 6.08 Å². The Kier molecular flexibility index (Phi) is 6.84. The topological polar surface area (TPSA) is 104 Å². The summed E-state index contributed by atoms with van der Waals surface area (Å²) in [6.07, 6.45) is 5.18. The first kappa shape index (κ1) is 17.7. The summed E-state index contributed by atoms with van der Waals surface area (Å²) in [5.74, 6) is -1.10. The minimum atomic E-state index is -0.945. The largest absolute Gasteiger partial charge is 0.478 e. The van der Waals surface area contributed by atoms with Crippen LogP contribution in [0.2, 0.25) is 0 Å². The number of carbonyl (C=O) groups excluding carboxylic acids is 1. The lowest BCUT2D eigenvalue weighted by atomic mass is 9.86. The van der Waals surface area contributed by atoms with Gasteiger partial charge in [0.25, 0.3) is 0 Å². The second-order valence-corrected chi connectivity index (χ2v) is 5.83. The van der Waals surface area contributed by atoms with E-state index in [1.165, 1.54) is 6.92 Å². The summed E-state index contributed by atoms with van der Waals surface area (Å²) in [7, 11) is 0. The van der Waals surface area contributed by atoms with Crippen LogP contribution in [0.5, 0.6) is 0 Å². The van der Waals surface area contributed by atoms with Gasteiger partial charge in [0.05, 0.1) is 6.04 Å². The minimum Gasteiger partial charge on any atom is -0.478 e. The fourth-order valence-corrected chi connectivity index (χ4v) is 2.70. The molecule has 0 fully saturated rings. The molecule has 0 spiro atoms. The molecule has 5 N–H and O–H groups in total. The van der Waals surface area contributed by atoms with Crippen LogP contribution in [0.4, 0.5) is 0 Å². The zero-order valence-electron chi connectivity index (χ0n) is 13.1. The molecule has 1 aliphatic carbocycles. The molecular formula is C15H27N3O3. The third-order valence-corrected chi connectivity index (χ3v) is 3.80. The van der Waals surface area contributed by atoms with Crippen molar-refractivity contribution in [2.24, 2.45) is 5.73 Å². The molecule has 0 radical (unpaired) electrons. The summed E-state index contributed by atoms with van der Waals surface area (Å²) in [4.78, 5) is 22.5. The summed E-state index contributed by atoms with van der Waals surface area (Å²) in [5.41, 5.74) is 6.37. The van der Waals surface area contributed by atoms with Gasteiger partial charge in [-0.05, 0) is 19.8 Å². The highest BCUT2D eigenvalue weighted by atomic mass is 16.4. The van der Waals surface area contributed by atoms with Crippen molar-refractivity contribution in [3.05, 3.63) is 11.6 Å². The van der Waals surface area contributed by atoms with Crippen molar-refractivity contribution in [1.82, 2.24) is 10.6 Å². The number of hydrogen-bond acceptors (Lipinski definition) is 4. The number of carboxylic acid groups (broad SMARTS) is 1. The third-order valence-electron chi connectivity index (χ3n) is 3.80. The van der Waals surface area contributed by atoms with Crippen molar-refractivity contribution >= 4 is 11.9 Å². The number of aliphatic carboxylic acids is 1. The van der Waals surface area contributed by atoms with E-state index in [9.17, 15) is 14.7 Å². The maximum absolute atomic E-state index is 11.3. The third kappa shape index (κ3) is 5.47. The molecule has 0 heterocycles. The Hall–Kier alpha value is -1.40. The summed E-state index contributed by atoms with van der Waals surface area (Å²) in [6.45, 7) is 5.64. The van der Waals surface area contributed by atoms with Crippen molar-refractivity contribution in [2.45, 2.75) is 70.6 Å². The summed E-state index contributed by atoms with van der Waals surface area (Å²) >= 11 is 0. The Labute approximate surface area is 126 Å². The summed E-state index contributed by atoms with van der Waals surface area (Å²) in [5, 5.41) is 15.4. The molecule has 1 amide bonds. The van der Waals surface area contributed by atoms with Crippen LogP contribution in [0, 0.1) is 0 Å². The molecule has 0 bridgehead atoms. The van der Waals surface area contributed by atoms with Crippen LogP contribution in [0.3, 0.4) is 0 Å². The van der Waals surface area contributed by atoms with Gasteiger partial charge in [0, 0.05) is 30.6 Å². The van der Waals surface area contributed by atoms with Crippen LogP contribution in [0.15, 0.2) is 11.6 Å². The average molecular weight is 297 g/mol.